The summed E-state index contributed by atoms with van der Waals surface area (Å²) < 4.78 is 0. The van der Waals surface area contributed by atoms with Crippen LogP contribution in [-0.4, -0.2) is 35.4 Å². The van der Waals surface area contributed by atoms with Crippen LogP contribution < -0.4 is 5.32 Å². The molecule has 0 heterocycles. The first-order valence-corrected chi connectivity index (χ1v) is 9.65. The number of amides is 2. The van der Waals surface area contributed by atoms with Gasteiger partial charge in [0.05, 0.1) is 10.9 Å². The normalized spacial score (nSPS) is 11.7. The molecular formula is C18H19ClN2O2S2. The molecule has 1 unspecified atom stereocenters. The van der Waals surface area contributed by atoms with Gasteiger partial charge in [0, 0.05) is 28.9 Å². The maximum absolute atomic E-state index is 12.5. The molecular weight excluding hydrogens is 376 g/mol. The molecule has 0 fully saturated rings. The summed E-state index contributed by atoms with van der Waals surface area (Å²) in [7, 11) is 3.39. The van der Waals surface area contributed by atoms with E-state index in [0.717, 1.165) is 21.6 Å². The average Bonchev–Trinajstić information content (AvgIpc) is 2.58. The Morgan fingerprint density at radius 1 is 1.08 bits per heavy atom. The van der Waals surface area contributed by atoms with Crippen LogP contribution in [0.4, 0.5) is 10.5 Å². The monoisotopic (exact) mass is 394 g/mol. The summed E-state index contributed by atoms with van der Waals surface area (Å²) in [4.78, 5) is 27.6. The fourth-order valence-electron chi connectivity index (χ4n) is 1.85. The van der Waals surface area contributed by atoms with Gasteiger partial charge in [-0.1, -0.05) is 23.7 Å². The number of anilines is 1. The lowest BCUT2D eigenvalue weighted by atomic mass is 10.3. The largest absolute Gasteiger partial charge is 0.339 e. The molecule has 1 N–H and O–H groups in total. The molecule has 0 aliphatic heterocycles. The summed E-state index contributed by atoms with van der Waals surface area (Å²) in [5.41, 5.74) is 0.635. The zero-order valence-electron chi connectivity index (χ0n) is 14.2. The second-order valence-corrected chi connectivity index (χ2v) is 8.31. The molecule has 4 nitrogen and oxygen atoms in total. The molecule has 2 rings (SSSR count). The van der Waals surface area contributed by atoms with Gasteiger partial charge >= 0.3 is 0 Å². The maximum Gasteiger partial charge on any atom is 0.286 e. The molecule has 2 aromatic rings. The number of hydrogen-bond donors (Lipinski definition) is 1. The molecule has 0 bridgehead atoms. The van der Waals surface area contributed by atoms with E-state index in [1.807, 2.05) is 37.3 Å². The number of thioether (sulfide) groups is 2. The molecule has 0 spiro atoms. The van der Waals surface area contributed by atoms with E-state index in [0.29, 0.717) is 10.7 Å². The number of halogens is 1. The van der Waals surface area contributed by atoms with Crippen LogP contribution in [0.1, 0.15) is 6.92 Å². The fraction of sp³-hybridized carbons (Fsp3) is 0.222. The van der Waals surface area contributed by atoms with Crippen LogP contribution in [0.5, 0.6) is 0 Å². The standard InChI is InChI=1S/C18H19ClN2O2S2/c1-12(24-14-10-8-13(19)9-11-14)17(22)20-15-6-4-5-7-16(15)25-18(23)21(2)3/h4-12H,1-3H3,(H,20,22). The molecule has 0 saturated carbocycles. The summed E-state index contributed by atoms with van der Waals surface area (Å²) in [6, 6.07) is 14.7. The molecule has 0 aromatic heterocycles. The van der Waals surface area contributed by atoms with Gasteiger partial charge in [-0.15, -0.1) is 11.8 Å². The van der Waals surface area contributed by atoms with Crippen molar-refractivity contribution in [3.63, 3.8) is 0 Å². The number of nitrogens with one attached hydrogen (secondary N) is 1. The Labute approximate surface area is 161 Å². The van der Waals surface area contributed by atoms with Crippen molar-refractivity contribution in [3.05, 3.63) is 53.6 Å². The van der Waals surface area contributed by atoms with Crippen molar-refractivity contribution in [3.8, 4) is 0 Å². The summed E-state index contributed by atoms with van der Waals surface area (Å²) in [5, 5.41) is 3.19. The van der Waals surface area contributed by atoms with E-state index >= 15 is 0 Å². The van der Waals surface area contributed by atoms with E-state index in [4.69, 9.17) is 11.6 Å². The van der Waals surface area contributed by atoms with E-state index in [9.17, 15) is 9.59 Å². The number of carbonyl (C=O) groups excluding carboxylic acids is 2. The van der Waals surface area contributed by atoms with Gasteiger partial charge in [0.1, 0.15) is 0 Å². The lowest BCUT2D eigenvalue weighted by Crippen LogP contribution is -2.23. The Hall–Kier alpha value is -1.63. The van der Waals surface area contributed by atoms with E-state index in [-0.39, 0.29) is 16.4 Å². The van der Waals surface area contributed by atoms with Gasteiger partial charge in [-0.05, 0) is 55.1 Å². The van der Waals surface area contributed by atoms with Crippen LogP contribution in [0.2, 0.25) is 5.02 Å². The highest BCUT2D eigenvalue weighted by Gasteiger charge is 2.17. The van der Waals surface area contributed by atoms with Crippen LogP contribution >= 0.6 is 35.1 Å². The lowest BCUT2D eigenvalue weighted by molar-refractivity contribution is -0.115. The second-order valence-electron chi connectivity index (χ2n) is 5.46. The SMILES string of the molecule is CC(Sc1ccc(Cl)cc1)C(=O)Nc1ccccc1SC(=O)N(C)C. The van der Waals surface area contributed by atoms with Gasteiger partial charge in [-0.25, -0.2) is 0 Å². The van der Waals surface area contributed by atoms with E-state index in [2.05, 4.69) is 5.32 Å². The summed E-state index contributed by atoms with van der Waals surface area (Å²) >= 11 is 8.42. The van der Waals surface area contributed by atoms with Crippen molar-refractivity contribution >= 4 is 52.0 Å². The third-order valence-corrected chi connectivity index (χ3v) is 5.68. The zero-order valence-corrected chi connectivity index (χ0v) is 16.5. The molecule has 132 valence electrons. The van der Waals surface area contributed by atoms with Crippen molar-refractivity contribution in [1.82, 2.24) is 4.90 Å². The number of para-hydroxylation sites is 1. The number of hydrogen-bond acceptors (Lipinski definition) is 4. The Kier molecular flexibility index (Phi) is 7.23. The van der Waals surface area contributed by atoms with Gasteiger partial charge in [-0.2, -0.15) is 0 Å². The molecule has 0 aliphatic carbocycles. The van der Waals surface area contributed by atoms with Crippen LogP contribution in [0.25, 0.3) is 0 Å². The molecule has 0 saturated heterocycles. The minimum absolute atomic E-state index is 0.0923. The molecule has 2 amide bonds. The number of benzene rings is 2. The highest BCUT2D eigenvalue weighted by atomic mass is 35.5. The molecule has 25 heavy (non-hydrogen) atoms. The second kappa shape index (κ2) is 9.17. The topological polar surface area (TPSA) is 49.4 Å². The minimum atomic E-state index is -0.288. The average molecular weight is 395 g/mol. The first-order chi connectivity index (χ1) is 11.9. The summed E-state index contributed by atoms with van der Waals surface area (Å²) in [6.45, 7) is 1.84. The van der Waals surface area contributed by atoms with Crippen LogP contribution in [0.3, 0.4) is 0 Å². The molecule has 1 atom stereocenters. The van der Waals surface area contributed by atoms with Crippen molar-refractivity contribution < 1.29 is 9.59 Å². The quantitative estimate of drug-likeness (QED) is 0.705. The molecule has 0 radical (unpaired) electrons. The van der Waals surface area contributed by atoms with Crippen LogP contribution in [0.15, 0.2) is 58.3 Å². The predicted octanol–water partition coefficient (Wildman–Crippen LogP) is 5.23. The highest BCUT2D eigenvalue weighted by Crippen LogP contribution is 2.30. The third-order valence-electron chi connectivity index (χ3n) is 3.20. The number of rotatable bonds is 5. The van der Waals surface area contributed by atoms with Gasteiger partial charge in [0.15, 0.2) is 0 Å². The molecule has 0 aliphatic rings. The zero-order chi connectivity index (χ0) is 18.4. The lowest BCUT2D eigenvalue weighted by Gasteiger charge is -2.15. The van der Waals surface area contributed by atoms with E-state index in [1.165, 1.54) is 16.7 Å². The van der Waals surface area contributed by atoms with Crippen LogP contribution in [-0.2, 0) is 4.79 Å². The van der Waals surface area contributed by atoms with Gasteiger partial charge in [0.25, 0.3) is 5.24 Å². The Bertz CT molecular complexity index is 751. The van der Waals surface area contributed by atoms with E-state index in [1.54, 1.807) is 32.3 Å². The number of nitrogens with zero attached hydrogens (tertiary/aromatic N) is 1. The Morgan fingerprint density at radius 3 is 2.36 bits per heavy atom. The van der Waals surface area contributed by atoms with Crippen LogP contribution in [0, 0.1) is 0 Å². The maximum atomic E-state index is 12.5. The Morgan fingerprint density at radius 2 is 1.72 bits per heavy atom. The van der Waals surface area contributed by atoms with Crippen molar-refractivity contribution in [2.45, 2.75) is 22.0 Å². The highest BCUT2D eigenvalue weighted by molar-refractivity contribution is 8.13. The van der Waals surface area contributed by atoms with Crippen molar-refractivity contribution in [2.75, 3.05) is 19.4 Å². The predicted molar refractivity (Wildman–Crippen MR) is 107 cm³/mol. The molecule has 2 aromatic carbocycles. The number of carbonyl (C=O) groups is 2. The van der Waals surface area contributed by atoms with Crippen molar-refractivity contribution in [1.29, 1.82) is 0 Å². The minimum Gasteiger partial charge on any atom is -0.339 e. The smallest absolute Gasteiger partial charge is 0.286 e. The Balaban J connectivity index is 2.04. The summed E-state index contributed by atoms with van der Waals surface area (Å²) in [5.74, 6) is -0.120. The van der Waals surface area contributed by atoms with Gasteiger partial charge in [-0.3, -0.25) is 9.59 Å². The van der Waals surface area contributed by atoms with Gasteiger partial charge in [0.2, 0.25) is 5.91 Å². The first-order valence-electron chi connectivity index (χ1n) is 7.58. The van der Waals surface area contributed by atoms with Crippen molar-refractivity contribution in [2.24, 2.45) is 0 Å². The first kappa shape index (κ1) is 19.7. The van der Waals surface area contributed by atoms with Gasteiger partial charge < -0.3 is 10.2 Å². The van der Waals surface area contributed by atoms with E-state index < -0.39 is 0 Å². The fourth-order valence-corrected chi connectivity index (χ4v) is 3.59. The summed E-state index contributed by atoms with van der Waals surface area (Å²) in [6.07, 6.45) is 0. The molecule has 7 heteroatoms. The third kappa shape index (κ3) is 5.99.